The number of nitrogens with zero attached hydrogens (tertiary/aromatic N) is 3. The van der Waals surface area contributed by atoms with Crippen LogP contribution in [0.15, 0.2) is 18.6 Å². The smallest absolute Gasteiger partial charge is 0.367 e. The second kappa shape index (κ2) is 8.77. The van der Waals surface area contributed by atoms with E-state index in [1.54, 1.807) is 6.92 Å². The van der Waals surface area contributed by atoms with Crippen LogP contribution in [0.1, 0.15) is 12.6 Å². The van der Waals surface area contributed by atoms with Gasteiger partial charge in [0, 0.05) is 38.6 Å². The fourth-order valence-electron chi connectivity index (χ4n) is 2.25. The number of morpholine rings is 1. The highest BCUT2D eigenvalue weighted by Crippen LogP contribution is 2.25. The number of hydrogen-bond acceptors (Lipinski definition) is 6. The van der Waals surface area contributed by atoms with Crippen LogP contribution in [0.2, 0.25) is 0 Å². The van der Waals surface area contributed by atoms with E-state index in [2.05, 4.69) is 15.3 Å². The largest absolute Gasteiger partial charge is 0.373 e. The Labute approximate surface area is 143 Å². The monoisotopic (exact) mass is 358 g/mol. The zero-order valence-corrected chi connectivity index (χ0v) is 13.8. The van der Waals surface area contributed by atoms with Crippen molar-refractivity contribution in [2.75, 3.05) is 39.5 Å². The van der Waals surface area contributed by atoms with Crippen molar-refractivity contribution in [3.05, 3.63) is 24.3 Å². The van der Waals surface area contributed by atoms with Gasteiger partial charge in [-0.1, -0.05) is 0 Å². The van der Waals surface area contributed by atoms with Crippen molar-refractivity contribution >= 4 is 11.8 Å². The van der Waals surface area contributed by atoms with Gasteiger partial charge in [-0.05, 0) is 6.92 Å². The van der Waals surface area contributed by atoms with Gasteiger partial charge in [0.2, 0.25) is 5.91 Å². The van der Waals surface area contributed by atoms with Gasteiger partial charge < -0.3 is 19.7 Å². The molecule has 138 valence electrons. The summed E-state index contributed by atoms with van der Waals surface area (Å²) in [6.45, 7) is 2.87. The first-order chi connectivity index (χ1) is 11.9. The molecule has 1 unspecified atom stereocenters. The lowest BCUT2D eigenvalue weighted by atomic mass is 10.2. The maximum absolute atomic E-state index is 14.0. The lowest BCUT2D eigenvalue weighted by molar-refractivity contribution is -0.149. The van der Waals surface area contributed by atoms with Gasteiger partial charge >= 0.3 is 5.92 Å². The molecule has 1 aromatic heterocycles. The summed E-state index contributed by atoms with van der Waals surface area (Å²) in [5.74, 6) is -5.49. The zero-order valence-electron chi connectivity index (χ0n) is 13.8. The van der Waals surface area contributed by atoms with E-state index in [0.29, 0.717) is 13.2 Å². The Balaban J connectivity index is 1.86. The number of carbonyl (C=O) groups is 2. The van der Waals surface area contributed by atoms with Crippen LogP contribution in [0.4, 0.5) is 8.78 Å². The quantitative estimate of drug-likeness (QED) is 0.735. The second-order valence-electron chi connectivity index (χ2n) is 5.34. The number of hydrogen-bond donors (Lipinski definition) is 1. The van der Waals surface area contributed by atoms with Crippen molar-refractivity contribution in [1.82, 2.24) is 20.2 Å². The highest BCUT2D eigenvalue weighted by Gasteiger charge is 2.43. The number of aromatic nitrogens is 2. The third-order valence-corrected chi connectivity index (χ3v) is 3.58. The van der Waals surface area contributed by atoms with E-state index in [0.717, 1.165) is 12.4 Å². The zero-order chi connectivity index (χ0) is 18.3. The van der Waals surface area contributed by atoms with Gasteiger partial charge in [-0.25, -0.2) is 0 Å². The van der Waals surface area contributed by atoms with Crippen molar-refractivity contribution in [2.24, 2.45) is 0 Å². The molecule has 25 heavy (non-hydrogen) atoms. The molecule has 0 saturated carbocycles. The van der Waals surface area contributed by atoms with Crippen molar-refractivity contribution in [3.63, 3.8) is 0 Å². The second-order valence-corrected chi connectivity index (χ2v) is 5.34. The number of nitrogens with one attached hydrogen (secondary N) is 1. The summed E-state index contributed by atoms with van der Waals surface area (Å²) in [7, 11) is 0. The molecule has 0 aromatic carbocycles. The van der Waals surface area contributed by atoms with Crippen LogP contribution in [0.3, 0.4) is 0 Å². The first-order valence-electron chi connectivity index (χ1n) is 7.84. The van der Waals surface area contributed by atoms with E-state index in [1.165, 1.54) is 11.1 Å². The fraction of sp³-hybridized carbons (Fsp3) is 0.600. The van der Waals surface area contributed by atoms with E-state index in [1.807, 2.05) is 0 Å². The van der Waals surface area contributed by atoms with Crippen LogP contribution >= 0.6 is 0 Å². The normalized spacial score (nSPS) is 18.0. The SMILES string of the molecule is CCOCC(=O)N1CCOC(CNC(=O)C(F)(F)c2cnccn2)C1. The standard InChI is InChI=1S/C15H20F2N4O4/c1-2-24-10-13(22)21-5-6-25-11(9-21)7-20-14(23)15(16,17)12-8-18-3-4-19-12/h3-4,8,11H,2,5-7,9-10H2,1H3,(H,20,23). The molecule has 1 aliphatic heterocycles. The first kappa shape index (κ1) is 19.1. The molecule has 8 nitrogen and oxygen atoms in total. The molecule has 2 rings (SSSR count). The summed E-state index contributed by atoms with van der Waals surface area (Å²) in [6, 6.07) is 0. The van der Waals surface area contributed by atoms with Crippen molar-refractivity contribution in [1.29, 1.82) is 0 Å². The average Bonchev–Trinajstić information content (AvgIpc) is 2.65. The predicted octanol–water partition coefficient (Wildman–Crippen LogP) is -0.0515. The van der Waals surface area contributed by atoms with Gasteiger partial charge in [0.15, 0.2) is 0 Å². The molecule has 10 heteroatoms. The minimum atomic E-state index is -3.80. The maximum Gasteiger partial charge on any atom is 0.367 e. The van der Waals surface area contributed by atoms with Crippen LogP contribution in [-0.4, -0.2) is 72.2 Å². The third-order valence-electron chi connectivity index (χ3n) is 3.58. The summed E-state index contributed by atoms with van der Waals surface area (Å²) in [5, 5.41) is 2.14. The Morgan fingerprint density at radius 2 is 2.28 bits per heavy atom. The molecule has 1 fully saturated rings. The molecule has 1 atom stereocenters. The Morgan fingerprint density at radius 1 is 1.48 bits per heavy atom. The summed E-state index contributed by atoms with van der Waals surface area (Å²) >= 11 is 0. The van der Waals surface area contributed by atoms with Crippen molar-refractivity contribution in [2.45, 2.75) is 19.0 Å². The van der Waals surface area contributed by atoms with Gasteiger partial charge in [-0.2, -0.15) is 8.78 Å². The number of rotatable bonds is 7. The molecule has 1 aliphatic rings. The Kier molecular flexibility index (Phi) is 6.71. The molecule has 0 bridgehead atoms. The van der Waals surface area contributed by atoms with Gasteiger partial charge in [0.05, 0.1) is 18.9 Å². The lowest BCUT2D eigenvalue weighted by Crippen LogP contribution is -2.51. The summed E-state index contributed by atoms with van der Waals surface area (Å²) in [6.07, 6.45) is 2.59. The molecule has 0 spiro atoms. The number of alkyl halides is 2. The van der Waals surface area contributed by atoms with E-state index in [-0.39, 0.29) is 32.2 Å². The number of ether oxygens (including phenoxy) is 2. The molecule has 0 radical (unpaired) electrons. The number of carbonyl (C=O) groups excluding carboxylic acids is 2. The minimum Gasteiger partial charge on any atom is -0.373 e. The molecular formula is C15H20F2N4O4. The van der Waals surface area contributed by atoms with Crippen molar-refractivity contribution < 1.29 is 27.8 Å². The fourth-order valence-corrected chi connectivity index (χ4v) is 2.25. The van der Waals surface area contributed by atoms with E-state index in [4.69, 9.17) is 9.47 Å². The molecule has 1 N–H and O–H groups in total. The van der Waals surface area contributed by atoms with Gasteiger partial charge in [-0.15, -0.1) is 0 Å². The van der Waals surface area contributed by atoms with Crippen LogP contribution in [-0.2, 0) is 25.0 Å². The number of amides is 2. The van der Waals surface area contributed by atoms with E-state index >= 15 is 0 Å². The summed E-state index contributed by atoms with van der Waals surface area (Å²) in [4.78, 5) is 32.2. The molecule has 2 heterocycles. The third kappa shape index (κ3) is 5.13. The van der Waals surface area contributed by atoms with Gasteiger partial charge in [0.25, 0.3) is 5.91 Å². The van der Waals surface area contributed by atoms with Gasteiger partial charge in [-0.3, -0.25) is 19.6 Å². The predicted molar refractivity (Wildman–Crippen MR) is 81.7 cm³/mol. The summed E-state index contributed by atoms with van der Waals surface area (Å²) in [5.41, 5.74) is -0.731. The maximum atomic E-state index is 14.0. The first-order valence-corrected chi connectivity index (χ1v) is 7.84. The van der Waals surface area contributed by atoms with Crippen LogP contribution in [0, 0.1) is 0 Å². The van der Waals surface area contributed by atoms with E-state index < -0.39 is 23.6 Å². The van der Waals surface area contributed by atoms with E-state index in [9.17, 15) is 18.4 Å². The van der Waals surface area contributed by atoms with Crippen LogP contribution < -0.4 is 5.32 Å². The van der Waals surface area contributed by atoms with Gasteiger partial charge in [0.1, 0.15) is 12.3 Å². The molecule has 0 aliphatic carbocycles. The average molecular weight is 358 g/mol. The molecule has 1 aromatic rings. The Bertz CT molecular complexity index is 588. The Morgan fingerprint density at radius 3 is 2.96 bits per heavy atom. The highest BCUT2D eigenvalue weighted by atomic mass is 19.3. The molecule has 1 saturated heterocycles. The highest BCUT2D eigenvalue weighted by molar-refractivity contribution is 5.84. The van der Waals surface area contributed by atoms with Crippen molar-refractivity contribution in [3.8, 4) is 0 Å². The molecular weight excluding hydrogens is 338 g/mol. The summed E-state index contributed by atoms with van der Waals surface area (Å²) < 4.78 is 38.5. The molecule has 2 amide bonds. The minimum absolute atomic E-state index is 0.0413. The topological polar surface area (TPSA) is 93.7 Å². The lowest BCUT2D eigenvalue weighted by Gasteiger charge is -2.33. The Hall–Kier alpha value is -2.20. The van der Waals surface area contributed by atoms with Crippen LogP contribution in [0.5, 0.6) is 0 Å². The van der Waals surface area contributed by atoms with Crippen LogP contribution in [0.25, 0.3) is 0 Å². The number of halogens is 2.